The number of anilines is 1. The molecule has 2 N–H and O–H groups in total. The van der Waals surface area contributed by atoms with Gasteiger partial charge in [-0.05, 0) is 32.0 Å². The fourth-order valence-corrected chi connectivity index (χ4v) is 2.16. The van der Waals surface area contributed by atoms with Gasteiger partial charge in [0.2, 0.25) is 5.91 Å². The molecule has 1 atom stereocenters. The smallest absolute Gasteiger partial charge is 0.252 e. The van der Waals surface area contributed by atoms with E-state index in [0.29, 0.717) is 10.2 Å². The van der Waals surface area contributed by atoms with Gasteiger partial charge in [-0.2, -0.15) is 0 Å². The van der Waals surface area contributed by atoms with Crippen LogP contribution in [-0.2, 0) is 4.79 Å². The summed E-state index contributed by atoms with van der Waals surface area (Å²) in [5.74, 6) is -0.750. The van der Waals surface area contributed by atoms with Gasteiger partial charge < -0.3 is 15.2 Å². The summed E-state index contributed by atoms with van der Waals surface area (Å²) >= 11 is 3.11. The minimum absolute atomic E-state index is 0.115. The lowest BCUT2D eigenvalue weighted by Crippen LogP contribution is -2.41. The number of hydrogen-bond donors (Lipinski definition) is 2. The van der Waals surface area contributed by atoms with Gasteiger partial charge in [-0.15, -0.1) is 0 Å². The molecule has 0 bridgehead atoms. The second kappa shape index (κ2) is 6.69. The first-order valence-electron chi connectivity index (χ1n) is 6.36. The van der Waals surface area contributed by atoms with Crippen molar-refractivity contribution in [1.29, 1.82) is 0 Å². The third-order valence-corrected chi connectivity index (χ3v) is 3.20. The van der Waals surface area contributed by atoms with Crippen molar-refractivity contribution in [1.82, 2.24) is 10.5 Å². The van der Waals surface area contributed by atoms with E-state index in [2.05, 4.69) is 31.7 Å². The summed E-state index contributed by atoms with van der Waals surface area (Å²) in [5, 5.41) is 8.60. The van der Waals surface area contributed by atoms with Crippen LogP contribution in [0.3, 0.4) is 0 Å². The van der Waals surface area contributed by atoms with Gasteiger partial charge in [-0.1, -0.05) is 21.1 Å². The van der Waals surface area contributed by atoms with E-state index in [1.807, 2.05) is 0 Å². The molecular weight excluding hydrogens is 357 g/mol. The number of rotatable bonds is 4. The Morgan fingerprint density at radius 2 is 2.05 bits per heavy atom. The standard InChI is InChI=1S/C14H13BrFN3O3/c1-7-3-12(19-22-7)18-13(20)8(2)17-14(21)9-4-10(15)6-11(16)5-9/h3-6,8H,1-2H3,(H,17,21)(H,18,19,20). The Hall–Kier alpha value is -2.22. The number of carbonyl (C=O) groups excluding carboxylic acids is 2. The van der Waals surface area contributed by atoms with Crippen LogP contribution in [0.4, 0.5) is 10.2 Å². The quantitative estimate of drug-likeness (QED) is 0.867. The predicted octanol–water partition coefficient (Wildman–Crippen LogP) is 2.64. The molecule has 1 heterocycles. The van der Waals surface area contributed by atoms with Crippen LogP contribution in [0.15, 0.2) is 33.3 Å². The lowest BCUT2D eigenvalue weighted by Gasteiger charge is -2.13. The van der Waals surface area contributed by atoms with Crippen LogP contribution in [0, 0.1) is 12.7 Å². The normalized spacial score (nSPS) is 11.8. The molecule has 1 aromatic carbocycles. The summed E-state index contributed by atoms with van der Waals surface area (Å²) in [4.78, 5) is 23.9. The Labute approximate surface area is 134 Å². The zero-order valence-corrected chi connectivity index (χ0v) is 13.4. The molecule has 0 aliphatic heterocycles. The maximum Gasteiger partial charge on any atom is 0.252 e. The molecule has 0 spiro atoms. The van der Waals surface area contributed by atoms with Gasteiger partial charge in [-0.25, -0.2) is 4.39 Å². The lowest BCUT2D eigenvalue weighted by molar-refractivity contribution is -0.117. The van der Waals surface area contributed by atoms with Gasteiger partial charge in [0, 0.05) is 16.1 Å². The number of halogens is 2. The van der Waals surface area contributed by atoms with Gasteiger partial charge in [0.15, 0.2) is 5.82 Å². The van der Waals surface area contributed by atoms with Crippen LogP contribution in [0.1, 0.15) is 23.0 Å². The average Bonchev–Trinajstić information content (AvgIpc) is 2.82. The van der Waals surface area contributed by atoms with E-state index in [4.69, 9.17) is 4.52 Å². The molecule has 1 aromatic heterocycles. The van der Waals surface area contributed by atoms with Crippen LogP contribution in [0.5, 0.6) is 0 Å². The van der Waals surface area contributed by atoms with Crippen molar-refractivity contribution in [2.75, 3.05) is 5.32 Å². The van der Waals surface area contributed by atoms with E-state index in [-0.39, 0.29) is 11.4 Å². The molecule has 0 aliphatic rings. The van der Waals surface area contributed by atoms with E-state index in [1.165, 1.54) is 19.1 Å². The number of aryl methyl sites for hydroxylation is 1. The van der Waals surface area contributed by atoms with Crippen LogP contribution in [-0.4, -0.2) is 23.0 Å². The molecule has 0 radical (unpaired) electrons. The van der Waals surface area contributed by atoms with Crippen molar-refractivity contribution in [2.24, 2.45) is 0 Å². The monoisotopic (exact) mass is 369 g/mol. The van der Waals surface area contributed by atoms with Gasteiger partial charge in [0.25, 0.3) is 5.91 Å². The summed E-state index contributed by atoms with van der Waals surface area (Å²) in [6, 6.07) is 4.51. The summed E-state index contributed by atoms with van der Waals surface area (Å²) in [6.07, 6.45) is 0. The Morgan fingerprint density at radius 1 is 1.32 bits per heavy atom. The first kappa shape index (κ1) is 16.2. The number of amides is 2. The second-order valence-electron chi connectivity index (χ2n) is 4.67. The van der Waals surface area contributed by atoms with Gasteiger partial charge in [0.1, 0.15) is 17.6 Å². The molecule has 2 rings (SSSR count). The topological polar surface area (TPSA) is 84.2 Å². The Balaban J connectivity index is 1.99. The van der Waals surface area contributed by atoms with Crippen LogP contribution in [0.25, 0.3) is 0 Å². The Bertz CT molecular complexity index is 697. The van der Waals surface area contributed by atoms with E-state index < -0.39 is 23.7 Å². The van der Waals surface area contributed by atoms with E-state index in [1.54, 1.807) is 13.0 Å². The molecule has 1 unspecified atom stereocenters. The third kappa shape index (κ3) is 4.14. The summed E-state index contributed by atoms with van der Waals surface area (Å²) < 4.78 is 18.5. The molecule has 0 saturated heterocycles. The molecule has 0 saturated carbocycles. The largest absolute Gasteiger partial charge is 0.360 e. The average molecular weight is 370 g/mol. The first-order chi connectivity index (χ1) is 10.3. The Kier molecular flexibility index (Phi) is 4.92. The van der Waals surface area contributed by atoms with E-state index in [9.17, 15) is 14.0 Å². The maximum absolute atomic E-state index is 13.3. The predicted molar refractivity (Wildman–Crippen MR) is 80.9 cm³/mol. The third-order valence-electron chi connectivity index (χ3n) is 2.74. The van der Waals surface area contributed by atoms with Gasteiger partial charge >= 0.3 is 0 Å². The fourth-order valence-electron chi connectivity index (χ4n) is 1.69. The summed E-state index contributed by atoms with van der Waals surface area (Å²) in [5.41, 5.74) is 0.115. The number of hydrogen-bond acceptors (Lipinski definition) is 4. The van der Waals surface area contributed by atoms with Gasteiger partial charge in [-0.3, -0.25) is 9.59 Å². The number of nitrogens with one attached hydrogen (secondary N) is 2. The number of aromatic nitrogens is 1. The second-order valence-corrected chi connectivity index (χ2v) is 5.58. The van der Waals surface area contributed by atoms with Crippen LogP contribution < -0.4 is 10.6 Å². The maximum atomic E-state index is 13.3. The van der Waals surface area contributed by atoms with Crippen molar-refractivity contribution < 1.29 is 18.5 Å². The number of nitrogens with zero attached hydrogens (tertiary/aromatic N) is 1. The molecule has 2 amide bonds. The Morgan fingerprint density at radius 3 is 2.64 bits per heavy atom. The summed E-state index contributed by atoms with van der Waals surface area (Å²) in [6.45, 7) is 3.20. The van der Waals surface area contributed by atoms with Crippen molar-refractivity contribution in [2.45, 2.75) is 19.9 Å². The van der Waals surface area contributed by atoms with Crippen molar-refractivity contribution in [3.8, 4) is 0 Å². The number of carbonyl (C=O) groups is 2. The van der Waals surface area contributed by atoms with Crippen molar-refractivity contribution >= 4 is 33.6 Å². The highest BCUT2D eigenvalue weighted by Crippen LogP contribution is 2.15. The van der Waals surface area contributed by atoms with E-state index in [0.717, 1.165) is 6.07 Å². The molecule has 2 aromatic rings. The highest BCUT2D eigenvalue weighted by Gasteiger charge is 2.18. The number of benzene rings is 1. The van der Waals surface area contributed by atoms with E-state index >= 15 is 0 Å². The van der Waals surface area contributed by atoms with Crippen LogP contribution >= 0.6 is 15.9 Å². The SMILES string of the molecule is Cc1cc(NC(=O)C(C)NC(=O)c2cc(F)cc(Br)c2)no1. The zero-order valence-electron chi connectivity index (χ0n) is 11.8. The highest BCUT2D eigenvalue weighted by atomic mass is 79.9. The first-order valence-corrected chi connectivity index (χ1v) is 7.15. The minimum atomic E-state index is -0.827. The molecule has 0 aliphatic carbocycles. The molecule has 116 valence electrons. The summed E-state index contributed by atoms with van der Waals surface area (Å²) in [7, 11) is 0. The molecule has 8 heteroatoms. The fraction of sp³-hybridized carbons (Fsp3) is 0.214. The molecular formula is C14H13BrFN3O3. The van der Waals surface area contributed by atoms with Crippen LogP contribution in [0.2, 0.25) is 0 Å². The minimum Gasteiger partial charge on any atom is -0.360 e. The highest BCUT2D eigenvalue weighted by molar-refractivity contribution is 9.10. The lowest BCUT2D eigenvalue weighted by atomic mass is 10.2. The van der Waals surface area contributed by atoms with Crippen molar-refractivity contribution in [3.63, 3.8) is 0 Å². The van der Waals surface area contributed by atoms with Crippen molar-refractivity contribution in [3.05, 3.63) is 45.9 Å². The molecule has 22 heavy (non-hydrogen) atoms. The molecule has 0 fully saturated rings. The molecule has 6 nitrogen and oxygen atoms in total. The van der Waals surface area contributed by atoms with Gasteiger partial charge in [0.05, 0.1) is 0 Å². The zero-order chi connectivity index (χ0) is 16.3.